The summed E-state index contributed by atoms with van der Waals surface area (Å²) >= 11 is 0. The highest BCUT2D eigenvalue weighted by atomic mass is 16.3. The zero-order valence-corrected chi connectivity index (χ0v) is 28.9. The van der Waals surface area contributed by atoms with Crippen LogP contribution in [0.2, 0.25) is 0 Å². The van der Waals surface area contributed by atoms with Crippen molar-refractivity contribution < 1.29 is 4.42 Å². The van der Waals surface area contributed by atoms with Crippen LogP contribution >= 0.6 is 0 Å². The number of pyridine rings is 1. The second kappa shape index (κ2) is 12.1. The SMILES string of the molecule is c1ccc(-c2ccc(-c3cccc4c3c3ccccc3n4-c3nc(-c4ccc5ccccc5c4)nc(-c4cccc5oc6ccncc6c45)n3)cc2)cc1. The molecule has 4 aromatic heterocycles. The molecule has 6 nitrogen and oxygen atoms in total. The summed E-state index contributed by atoms with van der Waals surface area (Å²) < 4.78 is 8.44. The molecular formula is C48H29N5O. The van der Waals surface area contributed by atoms with Crippen molar-refractivity contribution in [2.45, 2.75) is 0 Å². The van der Waals surface area contributed by atoms with Crippen molar-refractivity contribution in [2.75, 3.05) is 0 Å². The van der Waals surface area contributed by atoms with Gasteiger partial charge in [0.25, 0.3) is 0 Å². The Labute approximate surface area is 309 Å². The molecule has 0 amide bonds. The quantitative estimate of drug-likeness (QED) is 0.180. The molecule has 0 bridgehead atoms. The number of rotatable bonds is 5. The average molecular weight is 692 g/mol. The van der Waals surface area contributed by atoms with E-state index in [1.165, 1.54) is 11.1 Å². The number of aromatic nitrogens is 5. The number of hydrogen-bond donors (Lipinski definition) is 0. The summed E-state index contributed by atoms with van der Waals surface area (Å²) in [5, 5.41) is 6.38. The Hall–Kier alpha value is -7.44. The highest BCUT2D eigenvalue weighted by Gasteiger charge is 2.22. The van der Waals surface area contributed by atoms with Crippen molar-refractivity contribution >= 4 is 54.5 Å². The number of benzene rings is 7. The van der Waals surface area contributed by atoms with Crippen LogP contribution in [-0.4, -0.2) is 24.5 Å². The lowest BCUT2D eigenvalue weighted by atomic mass is 9.97. The summed E-state index contributed by atoms with van der Waals surface area (Å²) in [4.78, 5) is 20.2. The molecule has 6 heteroatoms. The Balaban J connectivity index is 1.17. The molecule has 0 spiro atoms. The molecule has 7 aromatic carbocycles. The van der Waals surface area contributed by atoms with Crippen LogP contribution in [0.3, 0.4) is 0 Å². The van der Waals surface area contributed by atoms with E-state index in [0.29, 0.717) is 17.6 Å². The van der Waals surface area contributed by atoms with E-state index in [1.807, 2.05) is 30.5 Å². The monoisotopic (exact) mass is 691 g/mol. The molecule has 4 heterocycles. The molecule has 11 aromatic rings. The minimum absolute atomic E-state index is 0.536. The zero-order chi connectivity index (χ0) is 35.6. The molecule has 11 rings (SSSR count). The maximum atomic E-state index is 6.27. The maximum Gasteiger partial charge on any atom is 0.238 e. The number of nitrogens with zero attached hydrogens (tertiary/aromatic N) is 5. The Morgan fingerprint density at radius 3 is 2.04 bits per heavy atom. The van der Waals surface area contributed by atoms with E-state index >= 15 is 0 Å². The van der Waals surface area contributed by atoms with Crippen LogP contribution in [0.25, 0.3) is 105 Å². The van der Waals surface area contributed by atoms with Gasteiger partial charge in [0, 0.05) is 45.1 Å². The van der Waals surface area contributed by atoms with Gasteiger partial charge in [-0.15, -0.1) is 0 Å². The molecule has 0 aliphatic rings. The van der Waals surface area contributed by atoms with Crippen molar-refractivity contribution in [2.24, 2.45) is 0 Å². The van der Waals surface area contributed by atoms with Crippen molar-refractivity contribution in [1.29, 1.82) is 0 Å². The van der Waals surface area contributed by atoms with Crippen LogP contribution in [0.15, 0.2) is 181 Å². The van der Waals surface area contributed by atoms with Gasteiger partial charge >= 0.3 is 0 Å². The molecular weight excluding hydrogens is 663 g/mol. The highest BCUT2D eigenvalue weighted by molar-refractivity contribution is 6.16. The molecule has 0 aliphatic heterocycles. The average Bonchev–Trinajstić information content (AvgIpc) is 3.80. The fraction of sp³-hybridized carbons (Fsp3) is 0. The second-order valence-electron chi connectivity index (χ2n) is 13.5. The maximum absolute atomic E-state index is 6.27. The molecule has 54 heavy (non-hydrogen) atoms. The van der Waals surface area contributed by atoms with E-state index in [9.17, 15) is 0 Å². The summed E-state index contributed by atoms with van der Waals surface area (Å²) in [5.41, 5.74) is 9.97. The van der Waals surface area contributed by atoms with Crippen LogP contribution in [0.1, 0.15) is 0 Å². The Kier molecular flexibility index (Phi) is 6.75. The number of para-hydroxylation sites is 1. The zero-order valence-electron chi connectivity index (χ0n) is 28.9. The summed E-state index contributed by atoms with van der Waals surface area (Å²) in [6.45, 7) is 0. The third kappa shape index (κ3) is 4.81. The second-order valence-corrected chi connectivity index (χ2v) is 13.5. The number of furan rings is 1. The third-order valence-electron chi connectivity index (χ3n) is 10.4. The van der Waals surface area contributed by atoms with Gasteiger partial charge in [0.2, 0.25) is 5.95 Å². The molecule has 0 saturated heterocycles. The van der Waals surface area contributed by atoms with Crippen LogP contribution in [0.5, 0.6) is 0 Å². The van der Waals surface area contributed by atoms with E-state index in [1.54, 1.807) is 6.20 Å². The largest absolute Gasteiger partial charge is 0.456 e. The van der Waals surface area contributed by atoms with Crippen molar-refractivity contribution in [3.8, 4) is 51.0 Å². The topological polar surface area (TPSA) is 69.6 Å². The highest BCUT2D eigenvalue weighted by Crippen LogP contribution is 2.40. The van der Waals surface area contributed by atoms with E-state index in [0.717, 1.165) is 76.8 Å². The molecule has 0 atom stereocenters. The minimum Gasteiger partial charge on any atom is -0.456 e. The fourth-order valence-corrected chi connectivity index (χ4v) is 7.85. The lowest BCUT2D eigenvalue weighted by molar-refractivity contribution is 0.668. The lowest BCUT2D eigenvalue weighted by Crippen LogP contribution is -2.06. The predicted octanol–water partition coefficient (Wildman–Crippen LogP) is 12.1. The van der Waals surface area contributed by atoms with Gasteiger partial charge in [-0.1, -0.05) is 133 Å². The van der Waals surface area contributed by atoms with Crippen molar-refractivity contribution in [1.82, 2.24) is 24.5 Å². The summed E-state index contributed by atoms with van der Waals surface area (Å²) in [5.74, 6) is 1.68. The molecule has 0 unspecified atom stereocenters. The van der Waals surface area contributed by atoms with Gasteiger partial charge in [-0.3, -0.25) is 9.55 Å². The van der Waals surface area contributed by atoms with Gasteiger partial charge in [-0.05, 0) is 63.4 Å². The molecule has 0 saturated carbocycles. The van der Waals surface area contributed by atoms with Crippen molar-refractivity contribution in [3.63, 3.8) is 0 Å². The van der Waals surface area contributed by atoms with Crippen LogP contribution in [0, 0.1) is 0 Å². The third-order valence-corrected chi connectivity index (χ3v) is 10.4. The molecule has 252 valence electrons. The first-order chi connectivity index (χ1) is 26.8. The Morgan fingerprint density at radius 1 is 0.426 bits per heavy atom. The summed E-state index contributed by atoms with van der Waals surface area (Å²) in [6, 6.07) is 56.9. The van der Waals surface area contributed by atoms with Gasteiger partial charge in [0.15, 0.2) is 11.6 Å². The summed E-state index contributed by atoms with van der Waals surface area (Å²) in [7, 11) is 0. The predicted molar refractivity (Wildman–Crippen MR) is 218 cm³/mol. The first-order valence-corrected chi connectivity index (χ1v) is 18.0. The van der Waals surface area contributed by atoms with Gasteiger partial charge in [-0.2, -0.15) is 9.97 Å². The van der Waals surface area contributed by atoms with Crippen molar-refractivity contribution in [3.05, 3.63) is 176 Å². The van der Waals surface area contributed by atoms with Crippen LogP contribution < -0.4 is 0 Å². The number of hydrogen-bond acceptors (Lipinski definition) is 5. The molecule has 0 fully saturated rings. The van der Waals surface area contributed by atoms with Gasteiger partial charge < -0.3 is 4.42 Å². The number of fused-ring (bicyclic) bond motifs is 7. The minimum atomic E-state index is 0.536. The first-order valence-electron chi connectivity index (χ1n) is 18.0. The van der Waals surface area contributed by atoms with Gasteiger partial charge in [0.1, 0.15) is 11.2 Å². The van der Waals surface area contributed by atoms with E-state index in [-0.39, 0.29) is 0 Å². The Bertz CT molecular complexity index is 3220. The van der Waals surface area contributed by atoms with Gasteiger partial charge in [0.05, 0.1) is 11.0 Å². The van der Waals surface area contributed by atoms with E-state index in [4.69, 9.17) is 19.4 Å². The summed E-state index contributed by atoms with van der Waals surface area (Å²) in [6.07, 6.45) is 3.59. The van der Waals surface area contributed by atoms with E-state index in [2.05, 4.69) is 149 Å². The smallest absolute Gasteiger partial charge is 0.238 e. The molecule has 0 N–H and O–H groups in total. The standard InChI is InChI=1S/C48H29N5O/c1-2-10-30(11-3-1)32-20-23-33(24-21-32)36-15-8-18-41-44(36)37-14-6-7-17-40(37)53(41)48-51-46(35-25-22-31-12-4-5-13-34(31)28-35)50-47(52-48)38-16-9-19-43-45(38)39-29-49-27-26-42(39)54-43/h1-29H. The van der Waals surface area contributed by atoms with Crippen LogP contribution in [-0.2, 0) is 0 Å². The van der Waals surface area contributed by atoms with Crippen LogP contribution in [0.4, 0.5) is 0 Å². The fourth-order valence-electron chi connectivity index (χ4n) is 7.85. The van der Waals surface area contributed by atoms with Gasteiger partial charge in [-0.25, -0.2) is 4.98 Å². The lowest BCUT2D eigenvalue weighted by Gasteiger charge is -2.12. The molecule has 0 aliphatic carbocycles. The Morgan fingerprint density at radius 2 is 1.13 bits per heavy atom. The molecule has 0 radical (unpaired) electrons. The normalized spacial score (nSPS) is 11.7. The van der Waals surface area contributed by atoms with E-state index < -0.39 is 0 Å². The first kappa shape index (κ1) is 30.2.